The van der Waals surface area contributed by atoms with E-state index in [1.165, 1.54) is 12.1 Å². The minimum absolute atomic E-state index is 0. The van der Waals surface area contributed by atoms with Crippen molar-refractivity contribution < 1.29 is 52.5 Å². The Morgan fingerprint density at radius 1 is 0.667 bits per heavy atom. The third kappa shape index (κ3) is 24.2. The van der Waals surface area contributed by atoms with Crippen LogP contribution in [-0.2, 0) is 26.2 Å². The van der Waals surface area contributed by atoms with E-state index in [0.29, 0.717) is 19.6 Å². The number of hydrogen-bond acceptors (Lipinski definition) is 0. The summed E-state index contributed by atoms with van der Waals surface area (Å²) in [6, 6.07) is 4.09. The Morgan fingerprint density at radius 2 is 0.933 bits per heavy atom. The minimum Gasteiger partial charge on any atom is -0.677 e. The van der Waals surface area contributed by atoms with Gasteiger partial charge < -0.3 is 17.2 Å². The van der Waals surface area contributed by atoms with Gasteiger partial charge in [-0.05, 0) is 0 Å². The van der Waals surface area contributed by atoms with Crippen molar-refractivity contribution in [3.05, 3.63) is 41.5 Å². The summed E-state index contributed by atoms with van der Waals surface area (Å²) in [4.78, 5) is 0. The zero-order chi connectivity index (χ0) is 23.3. The van der Waals surface area contributed by atoms with E-state index < -0.39 is 25.6 Å². The quantitative estimate of drug-likeness (QED) is 0.195. The van der Waals surface area contributed by atoms with Crippen LogP contribution in [0.15, 0.2) is 24.3 Å². The van der Waals surface area contributed by atoms with E-state index in [-0.39, 0.29) is 26.2 Å². The summed E-state index contributed by atoms with van der Waals surface area (Å²) in [5.74, 6) is -10.3. The molecule has 0 aliphatic carbocycles. The number of unbranched alkanes of at least 4 members (excludes halogenated alkanes) is 3. The van der Waals surface area contributed by atoms with E-state index in [1.807, 2.05) is 0 Å². The van der Waals surface area contributed by atoms with E-state index in [4.69, 9.17) is 17.2 Å². The average Bonchev–Trinajstić information content (AvgIpc) is 3.10. The Labute approximate surface area is 198 Å². The van der Waals surface area contributed by atoms with Crippen molar-refractivity contribution in [1.29, 1.82) is 0 Å². The molecule has 0 aliphatic heterocycles. The van der Waals surface area contributed by atoms with Gasteiger partial charge in [0.05, 0.1) is 0 Å². The number of nitrogens with one attached hydrogen (secondary N) is 3. The van der Waals surface area contributed by atoms with Gasteiger partial charge in [-0.3, -0.25) is 0 Å². The normalized spacial score (nSPS) is 10.6. The van der Waals surface area contributed by atoms with E-state index in [0.717, 1.165) is 50.7 Å². The molecule has 11 heteroatoms. The fourth-order valence-corrected chi connectivity index (χ4v) is 3.41. The fraction of sp³-hybridized carbons (Fsp3) is 0.737. The third-order valence-corrected chi connectivity index (χ3v) is 5.63. The summed E-state index contributed by atoms with van der Waals surface area (Å²) >= 11 is 0. The summed E-state index contributed by atoms with van der Waals surface area (Å²) in [6.07, 6.45) is 6.64. The van der Waals surface area contributed by atoms with Crippen LogP contribution in [0.1, 0.15) is 59.3 Å². The zero-order valence-corrected chi connectivity index (χ0v) is 21.6. The first-order valence-electron chi connectivity index (χ1n) is 9.76. The van der Waals surface area contributed by atoms with Crippen molar-refractivity contribution >= 4 is 14.0 Å². The van der Waals surface area contributed by atoms with Crippen LogP contribution in [0.2, 0.25) is 0 Å². The van der Waals surface area contributed by atoms with Crippen LogP contribution in [0.3, 0.4) is 0 Å². The molecule has 0 heterocycles. The molecule has 0 saturated heterocycles. The first-order chi connectivity index (χ1) is 13.5. The second kappa shape index (κ2) is 23.6. The van der Waals surface area contributed by atoms with Gasteiger partial charge in [0, 0.05) is 0 Å². The van der Waals surface area contributed by atoms with Gasteiger partial charge in [0.2, 0.25) is 0 Å². The van der Waals surface area contributed by atoms with Crippen molar-refractivity contribution in [2.75, 3.05) is 19.6 Å². The van der Waals surface area contributed by atoms with Crippen LogP contribution in [0.25, 0.3) is 17.2 Å². The SMILES string of the molecule is CCCC[NH-].CCCC[NH-].CCCC[NH-].FC(F)(F)[SiH]([c-]1cccc1)C(F)(F)F.[Zr+4]. The summed E-state index contributed by atoms with van der Waals surface area (Å²) in [6.45, 7) is 8.06. The largest absolute Gasteiger partial charge is 4.00 e. The molecule has 1 rings (SSSR count). The Morgan fingerprint density at radius 3 is 1.07 bits per heavy atom. The van der Waals surface area contributed by atoms with E-state index in [1.54, 1.807) is 0 Å². The van der Waals surface area contributed by atoms with Gasteiger partial charge >= 0.3 is 37.8 Å². The second-order valence-electron chi connectivity index (χ2n) is 6.05. The molecular weight excluding hydrogens is 504 g/mol. The molecule has 0 fully saturated rings. The molecule has 0 saturated carbocycles. The van der Waals surface area contributed by atoms with Gasteiger partial charge in [0.1, 0.15) is 0 Å². The van der Waals surface area contributed by atoms with Crippen LogP contribution in [0.4, 0.5) is 26.3 Å². The Kier molecular flexibility index (Phi) is 29.3. The summed E-state index contributed by atoms with van der Waals surface area (Å²) in [7, 11) is -4.92. The summed E-state index contributed by atoms with van der Waals surface area (Å²) < 4.78 is 72.7. The molecule has 1 aromatic rings. The van der Waals surface area contributed by atoms with E-state index in [2.05, 4.69) is 20.8 Å². The molecular formula is C19H35F6N3SiZr. The van der Waals surface area contributed by atoms with Crippen molar-refractivity contribution in [3.63, 3.8) is 0 Å². The molecule has 1 aromatic carbocycles. The Balaban J connectivity index is -0.000000176. The first-order valence-corrected chi connectivity index (χ1v) is 11.5. The first kappa shape index (κ1) is 37.2. The summed E-state index contributed by atoms with van der Waals surface area (Å²) in [5.41, 5.74) is 19.8. The van der Waals surface area contributed by atoms with Crippen molar-refractivity contribution in [2.24, 2.45) is 0 Å². The van der Waals surface area contributed by atoms with Crippen LogP contribution >= 0.6 is 0 Å². The van der Waals surface area contributed by atoms with Gasteiger partial charge in [-0.15, -0.1) is 5.19 Å². The molecule has 0 aliphatic rings. The maximum atomic E-state index is 12.1. The number of alkyl halides is 6. The molecule has 176 valence electrons. The van der Waals surface area contributed by atoms with Crippen LogP contribution in [0, 0.1) is 0 Å². The van der Waals surface area contributed by atoms with Crippen LogP contribution in [-0.4, -0.2) is 40.0 Å². The monoisotopic (exact) mass is 537 g/mol. The minimum atomic E-state index is -5.16. The van der Waals surface area contributed by atoms with Gasteiger partial charge in [-0.2, -0.15) is 58.1 Å². The van der Waals surface area contributed by atoms with Gasteiger partial charge in [0.25, 0.3) is 8.80 Å². The maximum Gasteiger partial charge on any atom is 4.00 e. The standard InChI is InChI=1S/C7H5F6Si.3C4H10N.Zr/c8-6(9,10)14(7(11,12)13)5-3-1-2-4-5;3*1-2-3-4-5;/h1-4,14H;3*5H,2-4H2,1H3;/q4*-1;+4. The predicted octanol–water partition coefficient (Wildman–Crippen LogP) is 7.56. The van der Waals surface area contributed by atoms with E-state index in [9.17, 15) is 26.3 Å². The zero-order valence-electron chi connectivity index (χ0n) is 18.0. The van der Waals surface area contributed by atoms with Crippen molar-refractivity contribution in [1.82, 2.24) is 0 Å². The molecule has 0 radical (unpaired) electrons. The van der Waals surface area contributed by atoms with Gasteiger partial charge in [-0.25, -0.2) is 12.1 Å². The van der Waals surface area contributed by atoms with Crippen LogP contribution in [0.5, 0.6) is 0 Å². The maximum absolute atomic E-state index is 12.1. The number of rotatable bonds is 7. The molecule has 0 amide bonds. The molecule has 3 N–H and O–H groups in total. The Hall–Kier alpha value is -0.0900. The molecule has 30 heavy (non-hydrogen) atoms. The average molecular weight is 539 g/mol. The molecule has 0 bridgehead atoms. The number of halogens is 6. The van der Waals surface area contributed by atoms with Crippen molar-refractivity contribution in [2.45, 2.75) is 70.9 Å². The number of hydrogen-bond donors (Lipinski definition) is 0. The predicted molar refractivity (Wildman–Crippen MR) is 113 cm³/mol. The third-order valence-electron chi connectivity index (χ3n) is 3.27. The van der Waals surface area contributed by atoms with Gasteiger partial charge in [-0.1, -0.05) is 59.3 Å². The Bertz CT molecular complexity index is 395. The molecule has 0 aromatic heterocycles. The second-order valence-corrected chi connectivity index (χ2v) is 8.89. The molecule has 0 atom stereocenters. The molecule has 0 unspecified atom stereocenters. The van der Waals surface area contributed by atoms with E-state index >= 15 is 0 Å². The molecule has 0 spiro atoms. The molecule has 3 nitrogen and oxygen atoms in total. The topological polar surface area (TPSA) is 71.4 Å². The summed E-state index contributed by atoms with van der Waals surface area (Å²) in [5, 5.41) is -0.634. The van der Waals surface area contributed by atoms with Gasteiger partial charge in [0.15, 0.2) is 0 Å². The smallest absolute Gasteiger partial charge is 0.677 e. The van der Waals surface area contributed by atoms with Crippen LogP contribution < -0.4 is 5.19 Å². The fourth-order valence-electron chi connectivity index (χ4n) is 1.68. The van der Waals surface area contributed by atoms with Crippen molar-refractivity contribution in [3.8, 4) is 0 Å².